The Balaban J connectivity index is 1.12. The van der Waals surface area contributed by atoms with Crippen LogP contribution >= 0.6 is 0 Å². The van der Waals surface area contributed by atoms with E-state index in [9.17, 15) is 0 Å². The van der Waals surface area contributed by atoms with E-state index in [1.165, 1.54) is 38.9 Å². The van der Waals surface area contributed by atoms with Crippen LogP contribution in [0, 0.1) is 0 Å². The minimum Gasteiger partial charge on any atom is -0.456 e. The van der Waals surface area contributed by atoms with Gasteiger partial charge in [-0.3, -0.25) is 0 Å². The van der Waals surface area contributed by atoms with E-state index in [-0.39, 0.29) is 5.41 Å². The van der Waals surface area contributed by atoms with Gasteiger partial charge in [-0.25, -0.2) is 0 Å². The minimum atomic E-state index is -0.513. The van der Waals surface area contributed by atoms with E-state index < -0.39 is 5.41 Å². The quantitative estimate of drug-likeness (QED) is 0.167. The molecule has 3 heteroatoms. The molecule has 0 atom stereocenters. The van der Waals surface area contributed by atoms with E-state index in [0.29, 0.717) is 0 Å². The van der Waals surface area contributed by atoms with Crippen molar-refractivity contribution in [1.82, 2.24) is 0 Å². The van der Waals surface area contributed by atoms with Crippen LogP contribution < -0.4 is 4.90 Å². The fourth-order valence-corrected chi connectivity index (χ4v) is 11.2. The summed E-state index contributed by atoms with van der Waals surface area (Å²) in [4.78, 5) is 2.44. The van der Waals surface area contributed by atoms with Crippen molar-refractivity contribution in [3.8, 4) is 22.3 Å². The van der Waals surface area contributed by atoms with Crippen LogP contribution in [0.25, 0.3) is 76.9 Å². The molecule has 314 valence electrons. The molecule has 12 aromatic rings. The zero-order valence-electron chi connectivity index (χ0n) is 37.0. The highest BCUT2D eigenvalue weighted by Crippen LogP contribution is 2.58. The van der Waals surface area contributed by atoms with Gasteiger partial charge in [-0.15, -0.1) is 0 Å². The van der Waals surface area contributed by atoms with Gasteiger partial charge < -0.3 is 13.7 Å². The molecule has 0 saturated heterocycles. The average molecular weight is 848 g/mol. The fraction of sp³-hybridized carbons (Fsp3) is 0.0794. The van der Waals surface area contributed by atoms with Crippen molar-refractivity contribution >= 4 is 71.7 Å². The molecule has 2 aromatic heterocycles. The largest absolute Gasteiger partial charge is 0.456 e. The Labute approximate surface area is 383 Å². The molecule has 0 bridgehead atoms. The SMILES string of the molecule is CC(C)(C)c1cccc2c1oc1cc(N(c3ccc4c(c3)-c3ccccc3C4(c3ccccc3)c3ccccc3)c3ccc4ccccc4c3-c3cccc4c3oc3ccccc34)ccc12. The molecule has 0 fully saturated rings. The van der Waals surface area contributed by atoms with Crippen molar-refractivity contribution in [2.24, 2.45) is 0 Å². The number of para-hydroxylation sites is 3. The third-order valence-corrected chi connectivity index (χ3v) is 14.1. The highest BCUT2D eigenvalue weighted by molar-refractivity contribution is 6.16. The number of anilines is 3. The maximum atomic E-state index is 6.95. The van der Waals surface area contributed by atoms with E-state index in [2.05, 4.69) is 238 Å². The first kappa shape index (κ1) is 38.3. The monoisotopic (exact) mass is 847 g/mol. The lowest BCUT2D eigenvalue weighted by atomic mass is 9.68. The summed E-state index contributed by atoms with van der Waals surface area (Å²) in [5.41, 5.74) is 16.8. The van der Waals surface area contributed by atoms with Gasteiger partial charge in [0.2, 0.25) is 0 Å². The minimum absolute atomic E-state index is 0.0879. The number of furan rings is 2. The number of benzene rings is 10. The van der Waals surface area contributed by atoms with Gasteiger partial charge in [-0.2, -0.15) is 0 Å². The topological polar surface area (TPSA) is 29.5 Å². The maximum absolute atomic E-state index is 6.95. The van der Waals surface area contributed by atoms with Gasteiger partial charge in [-0.1, -0.05) is 197 Å². The number of hydrogen-bond acceptors (Lipinski definition) is 3. The van der Waals surface area contributed by atoms with E-state index >= 15 is 0 Å². The predicted octanol–water partition coefficient (Wildman–Crippen LogP) is 17.4. The van der Waals surface area contributed by atoms with Gasteiger partial charge in [-0.05, 0) is 86.0 Å². The number of nitrogens with zero attached hydrogens (tertiary/aromatic N) is 1. The van der Waals surface area contributed by atoms with Gasteiger partial charge in [0, 0.05) is 55.7 Å². The van der Waals surface area contributed by atoms with Crippen molar-refractivity contribution in [2.75, 3.05) is 4.90 Å². The van der Waals surface area contributed by atoms with Gasteiger partial charge in [0.15, 0.2) is 0 Å². The van der Waals surface area contributed by atoms with Gasteiger partial charge in [0.25, 0.3) is 0 Å². The predicted molar refractivity (Wildman–Crippen MR) is 275 cm³/mol. The highest BCUT2D eigenvalue weighted by atomic mass is 16.3. The molecule has 10 aromatic carbocycles. The summed E-state index contributed by atoms with van der Waals surface area (Å²) in [7, 11) is 0. The van der Waals surface area contributed by atoms with Crippen molar-refractivity contribution < 1.29 is 8.83 Å². The third-order valence-electron chi connectivity index (χ3n) is 14.1. The molecule has 0 amide bonds. The summed E-state index contributed by atoms with van der Waals surface area (Å²) in [6.45, 7) is 6.76. The Morgan fingerprint density at radius 3 is 1.76 bits per heavy atom. The van der Waals surface area contributed by atoms with E-state index in [4.69, 9.17) is 8.83 Å². The summed E-state index contributed by atoms with van der Waals surface area (Å²) < 4.78 is 13.8. The van der Waals surface area contributed by atoms with Crippen molar-refractivity contribution in [3.63, 3.8) is 0 Å². The number of fused-ring (bicyclic) bond motifs is 10. The Bertz CT molecular complexity index is 3830. The molecule has 1 aliphatic carbocycles. The van der Waals surface area contributed by atoms with E-state index in [0.717, 1.165) is 82.8 Å². The Morgan fingerprint density at radius 1 is 0.394 bits per heavy atom. The summed E-state index contributed by atoms with van der Waals surface area (Å²) in [6, 6.07) is 79.6. The molecule has 0 aliphatic heterocycles. The van der Waals surface area contributed by atoms with Crippen LogP contribution in [0.15, 0.2) is 227 Å². The van der Waals surface area contributed by atoms with Crippen molar-refractivity contribution in [3.05, 3.63) is 246 Å². The molecule has 0 spiro atoms. The normalized spacial score (nSPS) is 13.2. The standard InChI is InChI=1S/C63H45NO2/c1-62(2,3)55-30-17-27-50-48-35-33-44(39-58(48)66-61(50)55)64(56-37-32-40-18-10-11-23-45(40)59(56)51-28-16-26-49-47-25-13-15-31-57(47)65-60(49)51)43-34-36-54-52(38-43)46-24-12-14-29-53(46)63(54,41-19-6-4-7-20-41)42-21-8-5-9-22-42/h4-39H,1-3H3. The third kappa shape index (κ3) is 5.56. The Morgan fingerprint density at radius 2 is 0.970 bits per heavy atom. The van der Waals surface area contributed by atoms with Crippen LogP contribution in [-0.4, -0.2) is 0 Å². The molecule has 0 radical (unpaired) electrons. The van der Waals surface area contributed by atoms with Crippen LogP contribution in [0.1, 0.15) is 48.6 Å². The first-order valence-electron chi connectivity index (χ1n) is 22.9. The fourth-order valence-electron chi connectivity index (χ4n) is 11.2. The molecule has 1 aliphatic rings. The number of hydrogen-bond donors (Lipinski definition) is 0. The molecule has 13 rings (SSSR count). The molecule has 0 saturated carbocycles. The molecular formula is C63H45NO2. The summed E-state index contributed by atoms with van der Waals surface area (Å²) >= 11 is 0. The zero-order chi connectivity index (χ0) is 44.1. The lowest BCUT2D eigenvalue weighted by Gasteiger charge is -2.34. The lowest BCUT2D eigenvalue weighted by molar-refractivity contribution is 0.573. The lowest BCUT2D eigenvalue weighted by Crippen LogP contribution is -2.28. The van der Waals surface area contributed by atoms with Gasteiger partial charge in [0.05, 0.1) is 11.1 Å². The number of rotatable bonds is 6. The first-order valence-corrected chi connectivity index (χ1v) is 22.9. The smallest absolute Gasteiger partial charge is 0.143 e. The van der Waals surface area contributed by atoms with E-state index in [1.54, 1.807) is 0 Å². The summed E-state index contributed by atoms with van der Waals surface area (Å²) in [5.74, 6) is 0. The van der Waals surface area contributed by atoms with Crippen LogP contribution in [-0.2, 0) is 10.8 Å². The Hall–Kier alpha value is -8.14. The molecular weight excluding hydrogens is 803 g/mol. The van der Waals surface area contributed by atoms with Crippen LogP contribution in [0.3, 0.4) is 0 Å². The second kappa shape index (κ2) is 14.4. The Kier molecular flexibility index (Phi) is 8.38. The molecule has 66 heavy (non-hydrogen) atoms. The molecule has 0 N–H and O–H groups in total. The average Bonchev–Trinajstić information content (AvgIpc) is 4.02. The molecule has 3 nitrogen and oxygen atoms in total. The molecule has 0 unspecified atom stereocenters. The second-order valence-electron chi connectivity index (χ2n) is 18.8. The molecule has 2 heterocycles. The first-order chi connectivity index (χ1) is 32.4. The maximum Gasteiger partial charge on any atom is 0.143 e. The summed E-state index contributed by atoms with van der Waals surface area (Å²) in [6.07, 6.45) is 0. The van der Waals surface area contributed by atoms with Crippen LogP contribution in [0.5, 0.6) is 0 Å². The van der Waals surface area contributed by atoms with Crippen molar-refractivity contribution in [1.29, 1.82) is 0 Å². The zero-order valence-corrected chi connectivity index (χ0v) is 37.0. The van der Waals surface area contributed by atoms with Crippen molar-refractivity contribution in [2.45, 2.75) is 31.6 Å². The van der Waals surface area contributed by atoms with Gasteiger partial charge in [0.1, 0.15) is 22.3 Å². The van der Waals surface area contributed by atoms with E-state index in [1.807, 2.05) is 6.07 Å². The summed E-state index contributed by atoms with van der Waals surface area (Å²) in [5, 5.41) is 6.74. The van der Waals surface area contributed by atoms with Gasteiger partial charge >= 0.3 is 0 Å². The highest BCUT2D eigenvalue weighted by Gasteiger charge is 2.46. The van der Waals surface area contributed by atoms with Crippen LogP contribution in [0.2, 0.25) is 0 Å². The van der Waals surface area contributed by atoms with Crippen LogP contribution in [0.4, 0.5) is 17.1 Å². The second-order valence-corrected chi connectivity index (χ2v) is 18.8.